The Hall–Kier alpha value is -1.96. The maximum Gasteiger partial charge on any atom is 0.129 e. The lowest BCUT2D eigenvalue weighted by Crippen LogP contribution is -2.44. The number of nitrogens with one attached hydrogen (secondary N) is 1. The molecule has 7 heteroatoms. The minimum atomic E-state index is -0.275. The average molecular weight is 524 g/mol. The monoisotopic (exact) mass is 523 g/mol. The smallest absolute Gasteiger partial charge is 0.129 e. The minimum Gasteiger partial charge on any atom is -0.385 e. The molecule has 3 unspecified atom stereocenters. The van der Waals surface area contributed by atoms with Crippen molar-refractivity contribution in [3.05, 3.63) is 47.1 Å². The molecule has 0 amide bonds. The predicted molar refractivity (Wildman–Crippen MR) is 150 cm³/mol. The number of nitrogens with two attached hydrogens (primary N) is 2. The maximum absolute atomic E-state index is 15.3. The molecular formula is C31H46FN5O. The van der Waals surface area contributed by atoms with Crippen LogP contribution < -0.4 is 16.9 Å². The number of halogens is 1. The van der Waals surface area contributed by atoms with Gasteiger partial charge in [-0.1, -0.05) is 25.3 Å². The van der Waals surface area contributed by atoms with Gasteiger partial charge in [-0.3, -0.25) is 0 Å². The van der Waals surface area contributed by atoms with Gasteiger partial charge in [-0.25, -0.2) is 15.2 Å². The Balaban J connectivity index is 1.17. The van der Waals surface area contributed by atoms with Gasteiger partial charge in [-0.05, 0) is 111 Å². The van der Waals surface area contributed by atoms with E-state index in [4.69, 9.17) is 16.3 Å². The Morgan fingerprint density at radius 2 is 1.84 bits per heavy atom. The highest BCUT2D eigenvalue weighted by atomic mass is 19.1. The first kappa shape index (κ1) is 26.3. The lowest BCUT2D eigenvalue weighted by atomic mass is 9.65. The number of piperidine rings is 1. The van der Waals surface area contributed by atoms with Crippen molar-refractivity contribution >= 4 is 5.84 Å². The van der Waals surface area contributed by atoms with E-state index in [0.717, 1.165) is 44.3 Å². The molecule has 4 fully saturated rings. The summed E-state index contributed by atoms with van der Waals surface area (Å²) < 4.78 is 22.0. The summed E-state index contributed by atoms with van der Waals surface area (Å²) in [5, 5.41) is 5.36. The molecule has 208 valence electrons. The first-order chi connectivity index (χ1) is 18.6. The SMILES string of the molecule is NC1=NC=C(C(=CN(N)C2CCNCC2)C2CC2)CC1OCC1C(C2CCCC2)=C(F)C=CC1C1CCC1. The number of allylic oxidation sites excluding steroid dienone is 4. The summed E-state index contributed by atoms with van der Waals surface area (Å²) in [4.78, 5) is 4.60. The van der Waals surface area contributed by atoms with Gasteiger partial charge in [0.2, 0.25) is 0 Å². The average Bonchev–Trinajstić information content (AvgIpc) is 3.61. The molecule has 2 heterocycles. The fourth-order valence-electron chi connectivity index (χ4n) is 7.42. The van der Waals surface area contributed by atoms with Gasteiger partial charge in [-0.15, -0.1) is 0 Å². The fraction of sp³-hybridized carbons (Fsp3) is 0.710. The Labute approximate surface area is 227 Å². The second-order valence-corrected chi connectivity index (χ2v) is 12.5. The third-order valence-electron chi connectivity index (χ3n) is 10.1. The van der Waals surface area contributed by atoms with Gasteiger partial charge in [0.05, 0.1) is 6.61 Å². The van der Waals surface area contributed by atoms with Crippen molar-refractivity contribution in [1.82, 2.24) is 10.3 Å². The zero-order valence-corrected chi connectivity index (χ0v) is 22.8. The Bertz CT molecular complexity index is 1010. The van der Waals surface area contributed by atoms with Crippen molar-refractivity contribution < 1.29 is 9.13 Å². The molecule has 2 aliphatic heterocycles. The van der Waals surface area contributed by atoms with E-state index in [1.165, 1.54) is 56.1 Å². The number of hydrazine groups is 1. The number of amidine groups is 1. The maximum atomic E-state index is 15.3. The topological polar surface area (TPSA) is 88.9 Å². The molecule has 4 aliphatic carbocycles. The molecule has 6 rings (SSSR count). The molecule has 0 aromatic rings. The van der Waals surface area contributed by atoms with Gasteiger partial charge in [-0.2, -0.15) is 0 Å². The van der Waals surface area contributed by atoms with Crippen molar-refractivity contribution in [2.45, 2.75) is 89.2 Å². The van der Waals surface area contributed by atoms with Crippen molar-refractivity contribution in [3.8, 4) is 0 Å². The molecule has 38 heavy (non-hydrogen) atoms. The van der Waals surface area contributed by atoms with Crippen LogP contribution in [0.25, 0.3) is 0 Å². The standard InChI is InChI=1S/C31H46FN5O/c32-28-11-10-25(20-6-3-7-20)27(30(28)22-4-1-2-5-22)19-38-29-16-23(17-36-31(29)33)26(21-8-9-21)18-37(34)24-12-14-35-15-13-24/h10-11,17-18,20-22,24-25,27,29,35H,1-9,12-16,19,34H2,(H2,33,36). The van der Waals surface area contributed by atoms with Crippen LogP contribution in [0.5, 0.6) is 0 Å². The van der Waals surface area contributed by atoms with Crippen LogP contribution >= 0.6 is 0 Å². The van der Waals surface area contributed by atoms with E-state index in [1.54, 1.807) is 6.08 Å². The third-order valence-corrected chi connectivity index (χ3v) is 10.1. The summed E-state index contributed by atoms with van der Waals surface area (Å²) in [6, 6.07) is 0.369. The van der Waals surface area contributed by atoms with Crippen LogP contribution in [-0.4, -0.2) is 42.7 Å². The van der Waals surface area contributed by atoms with Gasteiger partial charge >= 0.3 is 0 Å². The summed E-state index contributed by atoms with van der Waals surface area (Å²) >= 11 is 0. The van der Waals surface area contributed by atoms with E-state index in [1.807, 2.05) is 11.2 Å². The van der Waals surface area contributed by atoms with Gasteiger partial charge in [0.1, 0.15) is 17.8 Å². The molecule has 3 atom stereocenters. The van der Waals surface area contributed by atoms with Crippen molar-refractivity contribution in [2.75, 3.05) is 19.7 Å². The summed E-state index contributed by atoms with van der Waals surface area (Å²) in [6.45, 7) is 2.54. The Morgan fingerprint density at radius 1 is 1.08 bits per heavy atom. The zero-order valence-electron chi connectivity index (χ0n) is 22.8. The molecule has 0 aromatic heterocycles. The summed E-state index contributed by atoms with van der Waals surface area (Å²) in [7, 11) is 0. The van der Waals surface area contributed by atoms with E-state index in [9.17, 15) is 0 Å². The second kappa shape index (κ2) is 11.6. The third kappa shape index (κ3) is 5.66. The molecule has 1 saturated heterocycles. The number of aliphatic imine (C=N–C) groups is 1. The summed E-state index contributed by atoms with van der Waals surface area (Å²) in [6.07, 6.45) is 21.3. The fourth-order valence-corrected chi connectivity index (χ4v) is 7.42. The van der Waals surface area contributed by atoms with Gasteiger partial charge in [0, 0.05) is 30.8 Å². The second-order valence-electron chi connectivity index (χ2n) is 12.5. The lowest BCUT2D eigenvalue weighted by molar-refractivity contribution is 0.0436. The van der Waals surface area contributed by atoms with E-state index in [0.29, 0.717) is 48.6 Å². The highest BCUT2D eigenvalue weighted by molar-refractivity contribution is 5.87. The zero-order chi connectivity index (χ0) is 26.1. The highest BCUT2D eigenvalue weighted by Crippen LogP contribution is 2.48. The Morgan fingerprint density at radius 3 is 2.53 bits per heavy atom. The van der Waals surface area contributed by atoms with Crippen LogP contribution in [0.4, 0.5) is 4.39 Å². The van der Waals surface area contributed by atoms with Crippen LogP contribution in [0.2, 0.25) is 0 Å². The molecular weight excluding hydrogens is 477 g/mol. The molecule has 0 bridgehead atoms. The molecule has 6 nitrogen and oxygen atoms in total. The molecule has 0 aromatic carbocycles. The van der Waals surface area contributed by atoms with Crippen molar-refractivity contribution in [3.63, 3.8) is 0 Å². The highest BCUT2D eigenvalue weighted by Gasteiger charge is 2.41. The number of rotatable bonds is 9. The molecule has 3 saturated carbocycles. The van der Waals surface area contributed by atoms with Gasteiger partial charge in [0.25, 0.3) is 0 Å². The van der Waals surface area contributed by atoms with E-state index >= 15 is 4.39 Å². The number of hydrogen-bond acceptors (Lipinski definition) is 6. The van der Waals surface area contributed by atoms with Crippen LogP contribution in [0.3, 0.4) is 0 Å². The first-order valence-corrected chi connectivity index (χ1v) is 15.3. The first-order valence-electron chi connectivity index (χ1n) is 15.3. The van der Waals surface area contributed by atoms with Gasteiger partial charge < -0.3 is 20.8 Å². The molecule has 5 N–H and O–H groups in total. The number of nitrogens with zero attached hydrogens (tertiary/aromatic N) is 2. The van der Waals surface area contributed by atoms with Crippen LogP contribution in [0, 0.1) is 29.6 Å². The molecule has 0 radical (unpaired) electrons. The molecule has 0 spiro atoms. The van der Waals surface area contributed by atoms with E-state index < -0.39 is 0 Å². The van der Waals surface area contributed by atoms with Crippen LogP contribution in [0.1, 0.15) is 77.0 Å². The number of hydrogen-bond donors (Lipinski definition) is 3. The van der Waals surface area contributed by atoms with Crippen molar-refractivity contribution in [2.24, 2.45) is 46.2 Å². The number of ether oxygens (including phenoxy) is 1. The van der Waals surface area contributed by atoms with E-state index in [2.05, 4.69) is 22.6 Å². The van der Waals surface area contributed by atoms with Crippen molar-refractivity contribution in [1.29, 1.82) is 0 Å². The normalized spacial score (nSPS) is 31.8. The van der Waals surface area contributed by atoms with Crippen LogP contribution in [0.15, 0.2) is 52.1 Å². The minimum absolute atomic E-state index is 0.00755. The molecule has 6 aliphatic rings. The Kier molecular flexibility index (Phi) is 8.05. The summed E-state index contributed by atoms with van der Waals surface area (Å²) in [5.74, 6) is 9.10. The lowest BCUT2D eigenvalue weighted by Gasteiger charge is -2.41. The van der Waals surface area contributed by atoms with Gasteiger partial charge in [0.15, 0.2) is 0 Å². The largest absolute Gasteiger partial charge is 0.385 e. The van der Waals surface area contributed by atoms with E-state index in [-0.39, 0.29) is 17.8 Å². The van der Waals surface area contributed by atoms with Crippen LogP contribution in [-0.2, 0) is 4.74 Å². The quantitative estimate of drug-likeness (QED) is 0.284. The summed E-state index contributed by atoms with van der Waals surface area (Å²) in [5.41, 5.74) is 9.91. The predicted octanol–water partition coefficient (Wildman–Crippen LogP) is 5.25.